The minimum atomic E-state index is -0.00579. The van der Waals surface area contributed by atoms with E-state index in [0.717, 1.165) is 0 Å². The summed E-state index contributed by atoms with van der Waals surface area (Å²) < 4.78 is 10.6. The first-order valence-electron chi connectivity index (χ1n) is 3.30. The Kier molecular flexibility index (Phi) is 1.81. The largest absolute Gasteiger partial charge is 0.372 e. The van der Waals surface area contributed by atoms with Crippen molar-refractivity contribution in [3.8, 4) is 0 Å². The van der Waals surface area contributed by atoms with Crippen LogP contribution in [0.5, 0.6) is 0 Å². The Morgan fingerprint density at radius 1 is 0.900 bits per heavy atom. The Balaban J connectivity index is 2.09. The molecule has 2 nitrogen and oxygen atoms in total. The second kappa shape index (κ2) is 2.52. The molecule has 2 saturated heterocycles. The summed E-state index contributed by atoms with van der Waals surface area (Å²) in [6, 6.07) is 0. The molecule has 4 atom stereocenters. The Morgan fingerprint density at radius 3 is 1.70 bits per heavy atom. The molecule has 10 heavy (non-hydrogen) atoms. The first kappa shape index (κ1) is 7.17. The number of rotatable bonds is 0. The average molecular weight is 183 g/mol. The normalized spacial score (nSPS) is 53.4. The zero-order valence-corrected chi connectivity index (χ0v) is 6.81. The van der Waals surface area contributed by atoms with E-state index in [-0.39, 0.29) is 23.0 Å². The second-order valence-electron chi connectivity index (χ2n) is 2.63. The molecule has 2 fully saturated rings. The number of hydrogen-bond acceptors (Lipinski definition) is 2. The first-order valence-corrected chi connectivity index (χ1v) is 4.17. The van der Waals surface area contributed by atoms with Gasteiger partial charge in [-0.3, -0.25) is 0 Å². The van der Waals surface area contributed by atoms with Gasteiger partial charge in [0.1, 0.15) is 12.2 Å². The van der Waals surface area contributed by atoms with Gasteiger partial charge >= 0.3 is 0 Å². The summed E-state index contributed by atoms with van der Waals surface area (Å²) in [6.45, 7) is 1.14. The van der Waals surface area contributed by atoms with Crippen LogP contribution in [0, 0.1) is 0 Å². The molecule has 0 aromatic rings. The lowest BCUT2D eigenvalue weighted by Crippen LogP contribution is -2.26. The van der Waals surface area contributed by atoms with Crippen molar-refractivity contribution in [3.05, 3.63) is 0 Å². The van der Waals surface area contributed by atoms with Crippen molar-refractivity contribution < 1.29 is 9.47 Å². The molecule has 0 amide bonds. The zero-order chi connectivity index (χ0) is 7.14. The Bertz CT molecular complexity index is 126. The highest BCUT2D eigenvalue weighted by Gasteiger charge is 2.46. The van der Waals surface area contributed by atoms with Crippen LogP contribution in [0.1, 0.15) is 0 Å². The summed E-state index contributed by atoms with van der Waals surface area (Å²) in [6.07, 6.45) is 0.0633. The van der Waals surface area contributed by atoms with Gasteiger partial charge in [0.25, 0.3) is 0 Å². The van der Waals surface area contributed by atoms with E-state index in [1.165, 1.54) is 0 Å². The third kappa shape index (κ3) is 0.944. The highest BCUT2D eigenvalue weighted by molar-refractivity contribution is 6.23. The van der Waals surface area contributed by atoms with Gasteiger partial charge in [-0.15, -0.1) is 23.2 Å². The molecule has 0 bridgehead atoms. The van der Waals surface area contributed by atoms with Gasteiger partial charge in [-0.1, -0.05) is 0 Å². The fourth-order valence-electron chi connectivity index (χ4n) is 1.41. The Labute approximate surface area is 69.4 Å². The SMILES string of the molecule is Cl[C@@H]1CO[C@H]2[C@H]1OC[C@@H]2Cl. The van der Waals surface area contributed by atoms with E-state index in [4.69, 9.17) is 32.7 Å². The van der Waals surface area contributed by atoms with Gasteiger partial charge in [0.2, 0.25) is 0 Å². The van der Waals surface area contributed by atoms with Crippen molar-refractivity contribution in [2.24, 2.45) is 0 Å². The van der Waals surface area contributed by atoms with Crippen molar-refractivity contribution in [2.75, 3.05) is 13.2 Å². The monoisotopic (exact) mass is 182 g/mol. The zero-order valence-electron chi connectivity index (χ0n) is 5.30. The lowest BCUT2D eigenvalue weighted by Gasteiger charge is -2.08. The van der Waals surface area contributed by atoms with Gasteiger partial charge < -0.3 is 9.47 Å². The molecule has 0 aromatic carbocycles. The molecule has 2 aliphatic rings. The fraction of sp³-hybridized carbons (Fsp3) is 1.00. The van der Waals surface area contributed by atoms with Gasteiger partial charge in [-0.25, -0.2) is 0 Å². The Morgan fingerprint density at radius 2 is 1.30 bits per heavy atom. The third-order valence-electron chi connectivity index (χ3n) is 1.93. The van der Waals surface area contributed by atoms with Crippen LogP contribution >= 0.6 is 23.2 Å². The van der Waals surface area contributed by atoms with Crippen LogP contribution in [-0.4, -0.2) is 36.2 Å². The van der Waals surface area contributed by atoms with Crippen molar-refractivity contribution in [3.63, 3.8) is 0 Å². The third-order valence-corrected chi connectivity index (χ3v) is 2.68. The van der Waals surface area contributed by atoms with Gasteiger partial charge in [0.05, 0.1) is 24.0 Å². The number of hydrogen-bond donors (Lipinski definition) is 0. The fourth-order valence-corrected chi connectivity index (χ4v) is 1.98. The molecule has 0 unspecified atom stereocenters. The van der Waals surface area contributed by atoms with Crippen LogP contribution in [0.3, 0.4) is 0 Å². The maximum Gasteiger partial charge on any atom is 0.104 e. The van der Waals surface area contributed by atoms with Crippen LogP contribution in [0.2, 0.25) is 0 Å². The number of ether oxygens (including phenoxy) is 2. The summed E-state index contributed by atoms with van der Waals surface area (Å²) in [4.78, 5) is 0. The summed E-state index contributed by atoms with van der Waals surface area (Å²) in [5.41, 5.74) is 0. The van der Waals surface area contributed by atoms with Gasteiger partial charge in [0, 0.05) is 0 Å². The molecule has 4 heteroatoms. The molecule has 2 heterocycles. The smallest absolute Gasteiger partial charge is 0.104 e. The summed E-state index contributed by atoms with van der Waals surface area (Å²) in [5, 5.41) is -0.0116. The summed E-state index contributed by atoms with van der Waals surface area (Å²) in [7, 11) is 0. The molecule has 2 aliphatic heterocycles. The topological polar surface area (TPSA) is 18.5 Å². The van der Waals surface area contributed by atoms with E-state index >= 15 is 0 Å². The van der Waals surface area contributed by atoms with Crippen LogP contribution in [0.4, 0.5) is 0 Å². The van der Waals surface area contributed by atoms with E-state index in [2.05, 4.69) is 0 Å². The lowest BCUT2D eigenvalue weighted by molar-refractivity contribution is 0.0741. The molecule has 0 radical (unpaired) electrons. The van der Waals surface area contributed by atoms with E-state index in [0.29, 0.717) is 13.2 Å². The van der Waals surface area contributed by atoms with Crippen molar-refractivity contribution >= 4 is 23.2 Å². The lowest BCUT2D eigenvalue weighted by atomic mass is 10.2. The molecule has 58 valence electrons. The van der Waals surface area contributed by atoms with Crippen LogP contribution < -0.4 is 0 Å². The highest BCUT2D eigenvalue weighted by Crippen LogP contribution is 2.32. The molecule has 0 aromatic heterocycles. The standard InChI is InChI=1S/C6H8Cl2O2/c7-3-1-9-6-4(8)2-10-5(3)6/h3-6H,1-2H2/t3-,4+,5+,6-. The van der Waals surface area contributed by atoms with E-state index in [1.54, 1.807) is 0 Å². The van der Waals surface area contributed by atoms with Crippen molar-refractivity contribution in [1.29, 1.82) is 0 Å². The molecule has 0 spiro atoms. The van der Waals surface area contributed by atoms with Crippen LogP contribution in [-0.2, 0) is 9.47 Å². The van der Waals surface area contributed by atoms with Crippen LogP contribution in [0.15, 0.2) is 0 Å². The van der Waals surface area contributed by atoms with Gasteiger partial charge in [-0.05, 0) is 0 Å². The second-order valence-corrected chi connectivity index (χ2v) is 3.75. The van der Waals surface area contributed by atoms with Crippen molar-refractivity contribution in [2.45, 2.75) is 23.0 Å². The van der Waals surface area contributed by atoms with Gasteiger partial charge in [0.15, 0.2) is 0 Å². The number of alkyl halides is 2. The average Bonchev–Trinajstić information content (AvgIpc) is 2.41. The predicted molar refractivity (Wildman–Crippen MR) is 38.8 cm³/mol. The predicted octanol–water partition coefficient (Wildman–Crippen LogP) is 0.999. The number of halogens is 2. The maximum atomic E-state index is 5.87. The molecular weight excluding hydrogens is 175 g/mol. The highest BCUT2D eigenvalue weighted by atomic mass is 35.5. The summed E-state index contributed by atoms with van der Waals surface area (Å²) in [5.74, 6) is 0. The Hall–Kier alpha value is 0.500. The summed E-state index contributed by atoms with van der Waals surface area (Å²) >= 11 is 11.7. The van der Waals surface area contributed by atoms with E-state index in [9.17, 15) is 0 Å². The molecular formula is C6H8Cl2O2. The minimum absolute atomic E-state index is 0.00579. The van der Waals surface area contributed by atoms with E-state index in [1.807, 2.05) is 0 Å². The molecule has 0 N–H and O–H groups in total. The van der Waals surface area contributed by atoms with E-state index < -0.39 is 0 Å². The molecule has 2 rings (SSSR count). The van der Waals surface area contributed by atoms with Crippen LogP contribution in [0.25, 0.3) is 0 Å². The van der Waals surface area contributed by atoms with Gasteiger partial charge in [-0.2, -0.15) is 0 Å². The minimum Gasteiger partial charge on any atom is -0.372 e. The first-order chi connectivity index (χ1) is 4.79. The van der Waals surface area contributed by atoms with Crippen molar-refractivity contribution in [1.82, 2.24) is 0 Å². The quantitative estimate of drug-likeness (QED) is 0.521. The molecule has 0 saturated carbocycles. The maximum absolute atomic E-state index is 5.87. The number of fused-ring (bicyclic) bond motifs is 1. The molecule has 0 aliphatic carbocycles.